The molecule has 0 saturated carbocycles. The fourth-order valence-corrected chi connectivity index (χ4v) is 5.26. The summed E-state index contributed by atoms with van der Waals surface area (Å²) in [6.07, 6.45) is 2.59. The second kappa shape index (κ2) is 15.0. The van der Waals surface area contributed by atoms with Gasteiger partial charge in [0.05, 0.1) is 0 Å². The second-order valence-corrected chi connectivity index (χ2v) is 10.6. The van der Waals surface area contributed by atoms with E-state index in [0.29, 0.717) is 17.9 Å². The van der Waals surface area contributed by atoms with Gasteiger partial charge in [-0.05, 0) is 66.8 Å². The Balaban J connectivity index is 1.69. The van der Waals surface area contributed by atoms with Crippen molar-refractivity contribution in [3.63, 3.8) is 0 Å². The van der Waals surface area contributed by atoms with E-state index in [2.05, 4.69) is 31.3 Å². The number of aryl methyl sites for hydroxylation is 2. The molecule has 3 aromatic rings. The normalized spacial score (nSPS) is 12.9. The predicted octanol–water partition coefficient (Wildman–Crippen LogP) is 6.35. The molecule has 3 N–H and O–H groups in total. The third-order valence-electron chi connectivity index (χ3n) is 6.33. The number of carbonyl (C=O) groups excluding carboxylic acids is 1. The second-order valence-electron chi connectivity index (χ2n) is 9.49. The fraction of sp³-hybridized carbons (Fsp3) is 0.433. The maximum absolute atomic E-state index is 13.7. The number of benzene rings is 2. The number of nitrogens with one attached hydrogen (secondary N) is 1. The van der Waals surface area contributed by atoms with E-state index >= 15 is 0 Å². The van der Waals surface area contributed by atoms with Crippen LogP contribution in [0.5, 0.6) is 0 Å². The molecule has 38 heavy (non-hydrogen) atoms. The largest absolute Gasteiger partial charge is 0.454 e. The first kappa shape index (κ1) is 29.9. The van der Waals surface area contributed by atoms with Crippen LogP contribution in [0.3, 0.4) is 0 Å². The topological polar surface area (TPSA) is 77.5 Å². The average Bonchev–Trinajstić information content (AvgIpc) is 3.26. The van der Waals surface area contributed by atoms with Crippen molar-refractivity contribution >= 4 is 17.7 Å². The van der Waals surface area contributed by atoms with Crippen molar-refractivity contribution in [3.8, 4) is 0 Å². The van der Waals surface area contributed by atoms with Gasteiger partial charge < -0.3 is 20.2 Å². The Morgan fingerprint density at radius 3 is 2.53 bits per heavy atom. The van der Waals surface area contributed by atoms with Crippen LogP contribution in [-0.2, 0) is 29.9 Å². The van der Waals surface area contributed by atoms with Gasteiger partial charge in [-0.1, -0.05) is 44.5 Å². The van der Waals surface area contributed by atoms with Crippen LogP contribution in [0.2, 0.25) is 0 Å². The summed E-state index contributed by atoms with van der Waals surface area (Å²) in [6.45, 7) is 6.91. The molecule has 0 bridgehead atoms. The first-order valence-electron chi connectivity index (χ1n) is 13.2. The quantitative estimate of drug-likeness (QED) is 0.172. The highest BCUT2D eigenvalue weighted by atomic mass is 32.2. The summed E-state index contributed by atoms with van der Waals surface area (Å²) in [4.78, 5) is 13.1. The van der Waals surface area contributed by atoms with Gasteiger partial charge in [0, 0.05) is 36.5 Å². The summed E-state index contributed by atoms with van der Waals surface area (Å²) in [6, 6.07) is 12.5. The lowest BCUT2D eigenvalue weighted by Crippen LogP contribution is -2.46. The molecule has 1 heterocycles. The standard InChI is InChI=1S/C30H38F2N2O3S/c1-4-6-10-38-19-24-15-28(36-20(24)3)30(35)37-29(18-34-17-22-9-7-8-21(5-2)11-22)27(33)14-23-12-25(31)16-26(32)13-23/h7-9,11-13,15-16,27,29,34H,4-6,10,14,17-19,33H2,1-3H3/t27-,29+/m0/s1. The number of halogens is 2. The molecule has 2 aromatic carbocycles. The van der Waals surface area contributed by atoms with Gasteiger partial charge in [-0.25, -0.2) is 13.6 Å². The highest BCUT2D eigenvalue weighted by molar-refractivity contribution is 7.98. The Hall–Kier alpha value is -2.68. The van der Waals surface area contributed by atoms with Gasteiger partial charge in [0.2, 0.25) is 5.76 Å². The molecule has 0 unspecified atom stereocenters. The number of thioether (sulfide) groups is 1. The smallest absolute Gasteiger partial charge is 0.374 e. The van der Waals surface area contributed by atoms with Crippen LogP contribution >= 0.6 is 11.8 Å². The van der Waals surface area contributed by atoms with E-state index in [0.717, 1.165) is 48.0 Å². The number of furan rings is 1. The lowest BCUT2D eigenvalue weighted by molar-refractivity contribution is 0.0202. The van der Waals surface area contributed by atoms with Gasteiger partial charge in [-0.2, -0.15) is 11.8 Å². The number of esters is 1. The summed E-state index contributed by atoms with van der Waals surface area (Å²) in [5, 5.41) is 3.32. The van der Waals surface area contributed by atoms with Crippen molar-refractivity contribution < 1.29 is 22.7 Å². The van der Waals surface area contributed by atoms with Crippen LogP contribution in [0.1, 0.15) is 65.3 Å². The van der Waals surface area contributed by atoms with E-state index in [1.165, 1.54) is 17.7 Å². The molecule has 2 atom stereocenters. The summed E-state index contributed by atoms with van der Waals surface area (Å²) < 4.78 is 39.0. The number of hydrogen-bond acceptors (Lipinski definition) is 6. The number of hydrogen-bond donors (Lipinski definition) is 2. The predicted molar refractivity (Wildman–Crippen MR) is 149 cm³/mol. The van der Waals surface area contributed by atoms with Crippen LogP contribution in [0.25, 0.3) is 0 Å². The molecule has 0 amide bonds. The monoisotopic (exact) mass is 544 g/mol. The highest BCUT2D eigenvalue weighted by Gasteiger charge is 2.26. The van der Waals surface area contributed by atoms with Crippen molar-refractivity contribution in [1.82, 2.24) is 5.32 Å². The van der Waals surface area contributed by atoms with Crippen LogP contribution in [0, 0.1) is 18.6 Å². The molecule has 0 saturated heterocycles. The molecule has 0 fully saturated rings. The molecule has 8 heteroatoms. The van der Waals surface area contributed by atoms with E-state index < -0.39 is 29.7 Å². The third kappa shape index (κ3) is 9.26. The molecule has 0 aliphatic rings. The van der Waals surface area contributed by atoms with Crippen LogP contribution in [0.4, 0.5) is 8.78 Å². The van der Waals surface area contributed by atoms with Crippen molar-refractivity contribution in [2.24, 2.45) is 5.73 Å². The number of carbonyl (C=O) groups is 1. The summed E-state index contributed by atoms with van der Waals surface area (Å²) in [7, 11) is 0. The minimum Gasteiger partial charge on any atom is -0.454 e. The molecular weight excluding hydrogens is 506 g/mol. The number of ether oxygens (including phenoxy) is 1. The molecule has 3 rings (SSSR count). The Bertz CT molecular complexity index is 1160. The highest BCUT2D eigenvalue weighted by Crippen LogP contribution is 2.22. The molecular formula is C30H38F2N2O3S. The Kier molecular flexibility index (Phi) is 11.8. The van der Waals surface area contributed by atoms with E-state index in [1.54, 1.807) is 17.8 Å². The fourth-order valence-electron chi connectivity index (χ4n) is 4.12. The number of rotatable bonds is 15. The number of nitrogens with two attached hydrogens (primary N) is 1. The van der Waals surface area contributed by atoms with E-state index in [4.69, 9.17) is 14.9 Å². The Labute approximate surface area is 228 Å². The van der Waals surface area contributed by atoms with Crippen molar-refractivity contribution in [2.75, 3.05) is 12.3 Å². The van der Waals surface area contributed by atoms with E-state index in [-0.39, 0.29) is 18.7 Å². The lowest BCUT2D eigenvalue weighted by Gasteiger charge is -2.24. The van der Waals surface area contributed by atoms with Gasteiger partial charge in [-0.15, -0.1) is 0 Å². The molecule has 0 spiro atoms. The molecule has 0 aliphatic heterocycles. The van der Waals surface area contributed by atoms with E-state index in [9.17, 15) is 13.6 Å². The number of unbranched alkanes of at least 4 members (excludes halogenated alkanes) is 1. The zero-order chi connectivity index (χ0) is 27.5. The van der Waals surface area contributed by atoms with E-state index in [1.807, 2.05) is 19.1 Å². The van der Waals surface area contributed by atoms with Gasteiger partial charge in [0.15, 0.2) is 0 Å². The van der Waals surface area contributed by atoms with Crippen LogP contribution < -0.4 is 11.1 Å². The SMILES string of the molecule is CCCCSCc1cc(C(=O)O[C@H](CNCc2cccc(CC)c2)[C@@H](N)Cc2cc(F)cc(F)c2)oc1C. The molecule has 0 aliphatic carbocycles. The Morgan fingerprint density at radius 2 is 1.82 bits per heavy atom. The van der Waals surface area contributed by atoms with Crippen molar-refractivity contribution in [2.45, 2.75) is 70.9 Å². The van der Waals surface area contributed by atoms with Crippen molar-refractivity contribution in [1.29, 1.82) is 0 Å². The molecule has 206 valence electrons. The lowest BCUT2D eigenvalue weighted by atomic mass is 10.0. The third-order valence-corrected chi connectivity index (χ3v) is 7.42. The summed E-state index contributed by atoms with van der Waals surface area (Å²) >= 11 is 1.80. The van der Waals surface area contributed by atoms with Crippen LogP contribution in [-0.4, -0.2) is 30.4 Å². The maximum atomic E-state index is 13.7. The van der Waals surface area contributed by atoms with Gasteiger partial charge >= 0.3 is 5.97 Å². The minimum absolute atomic E-state index is 0.123. The van der Waals surface area contributed by atoms with Crippen LogP contribution in [0.15, 0.2) is 52.9 Å². The molecule has 1 aromatic heterocycles. The molecule has 0 radical (unpaired) electrons. The van der Waals surface area contributed by atoms with Crippen molar-refractivity contribution in [3.05, 3.63) is 93.9 Å². The van der Waals surface area contributed by atoms with Gasteiger partial charge in [-0.3, -0.25) is 0 Å². The van der Waals surface area contributed by atoms with Gasteiger partial charge in [0.25, 0.3) is 0 Å². The summed E-state index contributed by atoms with van der Waals surface area (Å²) in [5.74, 6) is 0.651. The van der Waals surface area contributed by atoms with Gasteiger partial charge in [0.1, 0.15) is 23.5 Å². The minimum atomic E-state index is -0.754. The maximum Gasteiger partial charge on any atom is 0.374 e. The first-order chi connectivity index (χ1) is 18.3. The summed E-state index contributed by atoms with van der Waals surface area (Å²) in [5.41, 5.74) is 10.1. The zero-order valence-corrected chi connectivity index (χ0v) is 23.2. The molecule has 5 nitrogen and oxygen atoms in total. The first-order valence-corrected chi connectivity index (χ1v) is 14.3. The average molecular weight is 545 g/mol. The Morgan fingerprint density at radius 1 is 1.08 bits per heavy atom. The zero-order valence-electron chi connectivity index (χ0n) is 22.4.